The number of rotatable bonds is 5. The van der Waals surface area contributed by atoms with Gasteiger partial charge >= 0.3 is 0 Å². The van der Waals surface area contributed by atoms with Crippen molar-refractivity contribution in [1.29, 1.82) is 0 Å². The van der Waals surface area contributed by atoms with Crippen LogP contribution in [0.25, 0.3) is 0 Å². The first kappa shape index (κ1) is 14.0. The van der Waals surface area contributed by atoms with Crippen molar-refractivity contribution < 1.29 is 9.63 Å². The maximum Gasteiger partial charge on any atom is 0.240 e. The lowest BCUT2D eigenvalue weighted by Gasteiger charge is -2.30. The van der Waals surface area contributed by atoms with Crippen molar-refractivity contribution in [2.24, 2.45) is 5.92 Å². The van der Waals surface area contributed by atoms with Crippen LogP contribution in [0.15, 0.2) is 4.52 Å². The molecular formula is C15H25N3O2. The van der Waals surface area contributed by atoms with E-state index in [9.17, 15) is 5.11 Å². The van der Waals surface area contributed by atoms with Crippen LogP contribution in [-0.4, -0.2) is 38.8 Å². The van der Waals surface area contributed by atoms with Crippen molar-refractivity contribution in [2.45, 2.75) is 70.6 Å². The minimum absolute atomic E-state index is 0.112. The average molecular weight is 279 g/mol. The van der Waals surface area contributed by atoms with Gasteiger partial charge in [-0.15, -0.1) is 0 Å². The molecule has 3 atom stereocenters. The van der Waals surface area contributed by atoms with Gasteiger partial charge in [-0.1, -0.05) is 18.5 Å². The second-order valence-corrected chi connectivity index (χ2v) is 6.20. The molecule has 0 aromatic carbocycles. The van der Waals surface area contributed by atoms with E-state index in [1.54, 1.807) is 0 Å². The summed E-state index contributed by atoms with van der Waals surface area (Å²) >= 11 is 0. The first-order valence-electron chi connectivity index (χ1n) is 8.01. The van der Waals surface area contributed by atoms with Crippen molar-refractivity contribution >= 4 is 0 Å². The molecule has 0 radical (unpaired) electrons. The Hall–Kier alpha value is -0.940. The lowest BCUT2D eigenvalue weighted by Crippen LogP contribution is -2.38. The van der Waals surface area contributed by atoms with E-state index >= 15 is 0 Å². The summed E-state index contributed by atoms with van der Waals surface area (Å²) in [5.74, 6) is 1.99. The fraction of sp³-hybridized carbons (Fsp3) is 0.867. The highest BCUT2D eigenvalue weighted by atomic mass is 16.5. The SMILES string of the molecule is CCCc1noc(CN2CCCC2C2CCCC2O)n1. The highest BCUT2D eigenvalue weighted by molar-refractivity contribution is 4.94. The molecule has 5 nitrogen and oxygen atoms in total. The highest BCUT2D eigenvalue weighted by Gasteiger charge is 2.38. The molecule has 2 heterocycles. The van der Waals surface area contributed by atoms with Crippen molar-refractivity contribution in [3.63, 3.8) is 0 Å². The summed E-state index contributed by atoms with van der Waals surface area (Å²) in [4.78, 5) is 6.89. The molecule has 112 valence electrons. The van der Waals surface area contributed by atoms with Gasteiger partial charge in [0.05, 0.1) is 12.6 Å². The molecule has 1 aromatic rings. The van der Waals surface area contributed by atoms with Crippen LogP contribution < -0.4 is 0 Å². The molecule has 3 rings (SSSR count). The van der Waals surface area contributed by atoms with Crippen molar-refractivity contribution in [2.75, 3.05) is 6.54 Å². The van der Waals surface area contributed by atoms with Gasteiger partial charge in [0.2, 0.25) is 5.89 Å². The van der Waals surface area contributed by atoms with Crippen LogP contribution in [0, 0.1) is 5.92 Å². The summed E-state index contributed by atoms with van der Waals surface area (Å²) in [6, 6.07) is 0.494. The van der Waals surface area contributed by atoms with E-state index in [0.717, 1.165) is 56.9 Å². The predicted molar refractivity (Wildman–Crippen MR) is 75.1 cm³/mol. The maximum absolute atomic E-state index is 10.1. The normalized spacial score (nSPS) is 31.2. The number of hydrogen-bond donors (Lipinski definition) is 1. The Balaban J connectivity index is 1.63. The number of aromatic nitrogens is 2. The summed E-state index contributed by atoms with van der Waals surface area (Å²) in [5.41, 5.74) is 0. The molecule has 1 aromatic heterocycles. The molecule has 1 N–H and O–H groups in total. The summed E-state index contributed by atoms with van der Waals surface area (Å²) in [5, 5.41) is 14.2. The van der Waals surface area contributed by atoms with Crippen molar-refractivity contribution in [3.8, 4) is 0 Å². The molecule has 1 aliphatic carbocycles. The molecule has 2 fully saturated rings. The predicted octanol–water partition coefficient (Wildman–Crippen LogP) is 2.15. The van der Waals surface area contributed by atoms with Gasteiger partial charge in [0.15, 0.2) is 5.82 Å². The Bertz CT molecular complexity index is 435. The molecule has 5 heteroatoms. The molecule has 20 heavy (non-hydrogen) atoms. The summed E-state index contributed by atoms with van der Waals surface area (Å²) < 4.78 is 5.35. The van der Waals surface area contributed by atoms with E-state index in [1.165, 1.54) is 12.8 Å². The minimum atomic E-state index is -0.112. The largest absolute Gasteiger partial charge is 0.393 e. The Morgan fingerprint density at radius 1 is 1.30 bits per heavy atom. The number of aryl methyl sites for hydroxylation is 1. The summed E-state index contributed by atoms with van der Waals surface area (Å²) in [6.07, 6.45) is 7.51. The standard InChI is InChI=1S/C15H25N3O2/c1-2-5-14-16-15(20-17-14)10-18-9-4-7-12(18)11-6-3-8-13(11)19/h11-13,19H,2-10H2,1H3. The zero-order valence-corrected chi connectivity index (χ0v) is 12.3. The number of likely N-dealkylation sites (tertiary alicyclic amines) is 1. The van der Waals surface area contributed by atoms with E-state index in [1.807, 2.05) is 0 Å². The van der Waals surface area contributed by atoms with E-state index < -0.39 is 0 Å². The van der Waals surface area contributed by atoms with Crippen molar-refractivity contribution in [1.82, 2.24) is 15.0 Å². The number of aliphatic hydroxyl groups is 1. The third-order valence-electron chi connectivity index (χ3n) is 4.76. The first-order chi connectivity index (χ1) is 9.78. The number of nitrogens with zero attached hydrogens (tertiary/aromatic N) is 3. The van der Waals surface area contributed by atoms with Crippen LogP contribution in [0.2, 0.25) is 0 Å². The molecular weight excluding hydrogens is 254 g/mol. The van der Waals surface area contributed by atoms with Gasteiger partial charge in [0.1, 0.15) is 0 Å². The third-order valence-corrected chi connectivity index (χ3v) is 4.76. The molecule has 2 aliphatic rings. The monoisotopic (exact) mass is 279 g/mol. The van der Waals surface area contributed by atoms with Gasteiger partial charge in [-0.3, -0.25) is 4.90 Å². The lowest BCUT2D eigenvalue weighted by atomic mass is 9.94. The number of aliphatic hydroxyl groups excluding tert-OH is 1. The van der Waals surface area contributed by atoms with Crippen LogP contribution in [0.1, 0.15) is 57.2 Å². The van der Waals surface area contributed by atoms with Crippen LogP contribution in [0.3, 0.4) is 0 Å². The first-order valence-corrected chi connectivity index (χ1v) is 8.01. The fourth-order valence-electron chi connectivity index (χ4n) is 3.80. The average Bonchev–Trinajstić information content (AvgIpc) is 3.13. The van der Waals surface area contributed by atoms with Crippen LogP contribution in [0.4, 0.5) is 0 Å². The van der Waals surface area contributed by atoms with Gasteiger partial charge in [0, 0.05) is 18.4 Å². The Morgan fingerprint density at radius 3 is 2.95 bits per heavy atom. The van der Waals surface area contributed by atoms with E-state index in [4.69, 9.17) is 4.52 Å². The maximum atomic E-state index is 10.1. The van der Waals surface area contributed by atoms with Crippen LogP contribution in [0.5, 0.6) is 0 Å². The molecule has 0 spiro atoms. The van der Waals surface area contributed by atoms with Crippen LogP contribution >= 0.6 is 0 Å². The van der Waals surface area contributed by atoms with Gasteiger partial charge in [-0.05, 0) is 38.6 Å². The lowest BCUT2D eigenvalue weighted by molar-refractivity contribution is 0.0676. The van der Waals surface area contributed by atoms with Gasteiger partial charge < -0.3 is 9.63 Å². The fourth-order valence-corrected chi connectivity index (χ4v) is 3.80. The molecule has 0 amide bonds. The van der Waals surface area contributed by atoms with Crippen molar-refractivity contribution in [3.05, 3.63) is 11.7 Å². The quantitative estimate of drug-likeness (QED) is 0.894. The smallest absolute Gasteiger partial charge is 0.240 e. The second kappa shape index (κ2) is 6.22. The van der Waals surface area contributed by atoms with E-state index in [0.29, 0.717) is 12.0 Å². The number of hydrogen-bond acceptors (Lipinski definition) is 5. The van der Waals surface area contributed by atoms with Crippen LogP contribution in [-0.2, 0) is 13.0 Å². The van der Waals surface area contributed by atoms with Gasteiger partial charge in [0.25, 0.3) is 0 Å². The third kappa shape index (κ3) is 2.88. The zero-order valence-electron chi connectivity index (χ0n) is 12.3. The Morgan fingerprint density at radius 2 is 2.20 bits per heavy atom. The Kier molecular flexibility index (Phi) is 4.36. The second-order valence-electron chi connectivity index (χ2n) is 6.20. The molecule has 1 saturated heterocycles. The topological polar surface area (TPSA) is 62.4 Å². The highest BCUT2D eigenvalue weighted by Crippen LogP contribution is 2.36. The Labute approximate surface area is 120 Å². The van der Waals surface area contributed by atoms with E-state index in [-0.39, 0.29) is 6.10 Å². The molecule has 1 aliphatic heterocycles. The van der Waals surface area contributed by atoms with Gasteiger partial charge in [-0.25, -0.2) is 0 Å². The van der Waals surface area contributed by atoms with E-state index in [2.05, 4.69) is 22.0 Å². The molecule has 3 unspecified atom stereocenters. The summed E-state index contributed by atoms with van der Waals surface area (Å²) in [6.45, 7) is 3.94. The van der Waals surface area contributed by atoms with Gasteiger partial charge in [-0.2, -0.15) is 4.98 Å². The minimum Gasteiger partial charge on any atom is -0.393 e. The summed E-state index contributed by atoms with van der Waals surface area (Å²) in [7, 11) is 0. The molecule has 1 saturated carbocycles. The zero-order chi connectivity index (χ0) is 13.9. The molecule has 0 bridgehead atoms.